The molecule has 4 rings (SSSR count). The van der Waals surface area contributed by atoms with Crippen LogP contribution >= 0.6 is 0 Å². The molecule has 1 aromatic carbocycles. The summed E-state index contributed by atoms with van der Waals surface area (Å²) in [5.74, 6) is -0.293. The summed E-state index contributed by atoms with van der Waals surface area (Å²) in [6.07, 6.45) is 3.98. The fraction of sp³-hybridized carbons (Fsp3) is 0.435. The van der Waals surface area contributed by atoms with Gasteiger partial charge in [0.1, 0.15) is 12.4 Å². The van der Waals surface area contributed by atoms with Gasteiger partial charge in [0.25, 0.3) is 0 Å². The summed E-state index contributed by atoms with van der Waals surface area (Å²) in [6.45, 7) is 2.20. The smallest absolute Gasteiger partial charge is 0.330 e. The van der Waals surface area contributed by atoms with Gasteiger partial charge in [-0.05, 0) is 60.4 Å². The number of hydrogen-bond donors (Lipinski definition) is 1. The van der Waals surface area contributed by atoms with Gasteiger partial charge in [-0.3, -0.25) is 15.0 Å². The topological polar surface area (TPSA) is 106 Å². The van der Waals surface area contributed by atoms with Gasteiger partial charge in [0, 0.05) is 6.20 Å². The molecule has 1 atom stereocenters. The first-order chi connectivity index (χ1) is 15.7. The molecule has 0 spiro atoms. The number of rotatable bonds is 10. The van der Waals surface area contributed by atoms with Crippen molar-refractivity contribution < 1.29 is 27.1 Å². The average molecular weight is 476 g/mol. The minimum Gasteiger partial charge on any atom is -0.490 e. The third-order valence-electron chi connectivity index (χ3n) is 5.78. The quantitative estimate of drug-likeness (QED) is 0.530. The zero-order chi connectivity index (χ0) is 23.6. The number of ether oxygens (including phenoxy) is 1. The molecule has 0 radical (unpaired) electrons. The second-order valence-corrected chi connectivity index (χ2v) is 10.9. The van der Waals surface area contributed by atoms with E-state index in [9.17, 15) is 22.4 Å². The number of aromatic nitrogens is 1. The molecule has 1 saturated heterocycles. The van der Waals surface area contributed by atoms with Crippen LogP contribution in [0.4, 0.5) is 15.0 Å². The Morgan fingerprint density at radius 2 is 2.03 bits per heavy atom. The van der Waals surface area contributed by atoms with Crippen molar-refractivity contribution in [2.45, 2.75) is 32.1 Å². The summed E-state index contributed by atoms with van der Waals surface area (Å²) in [7, 11) is -3.39. The molecule has 33 heavy (non-hydrogen) atoms. The summed E-state index contributed by atoms with van der Waals surface area (Å²) in [5.41, 5.74) is 1.42. The van der Waals surface area contributed by atoms with Crippen molar-refractivity contribution in [3.05, 3.63) is 53.5 Å². The molecule has 1 aliphatic carbocycles. The van der Waals surface area contributed by atoms with Gasteiger partial charge in [-0.1, -0.05) is 19.1 Å². The van der Waals surface area contributed by atoms with E-state index in [1.54, 1.807) is 31.2 Å². The Morgan fingerprint density at radius 3 is 2.67 bits per heavy atom. The molecule has 2 aromatic rings. The van der Waals surface area contributed by atoms with E-state index < -0.39 is 27.6 Å². The Labute approximate surface area is 192 Å². The minimum atomic E-state index is -3.39. The van der Waals surface area contributed by atoms with E-state index in [2.05, 4.69) is 10.3 Å². The highest BCUT2D eigenvalue weighted by Gasteiger charge is 2.29. The summed E-state index contributed by atoms with van der Waals surface area (Å²) < 4.78 is 45.0. The van der Waals surface area contributed by atoms with Gasteiger partial charge in [0.05, 0.1) is 18.1 Å². The number of aryl methyl sites for hydroxylation is 1. The Kier molecular flexibility index (Phi) is 6.64. The molecule has 2 heterocycles. The summed E-state index contributed by atoms with van der Waals surface area (Å²) >= 11 is 0. The van der Waals surface area contributed by atoms with Gasteiger partial charge in [0.2, 0.25) is 5.91 Å². The molecule has 1 aromatic heterocycles. The second-order valence-electron chi connectivity index (χ2n) is 8.67. The van der Waals surface area contributed by atoms with E-state index in [4.69, 9.17) is 4.74 Å². The maximum Gasteiger partial charge on any atom is 0.330 e. The predicted octanol–water partition coefficient (Wildman–Crippen LogP) is 2.83. The number of nitrogens with one attached hydrogen (secondary N) is 1. The van der Waals surface area contributed by atoms with Crippen molar-refractivity contribution in [3.8, 4) is 5.75 Å². The van der Waals surface area contributed by atoms with Gasteiger partial charge in [-0.2, -0.15) is 0 Å². The van der Waals surface area contributed by atoms with Crippen molar-refractivity contribution in [2.75, 3.05) is 29.6 Å². The number of urea groups is 1. The van der Waals surface area contributed by atoms with Crippen LogP contribution in [0, 0.1) is 11.7 Å². The lowest BCUT2D eigenvalue weighted by Crippen LogP contribution is -2.28. The highest BCUT2D eigenvalue weighted by atomic mass is 32.2. The van der Waals surface area contributed by atoms with Gasteiger partial charge < -0.3 is 4.74 Å². The van der Waals surface area contributed by atoms with Gasteiger partial charge in [0.15, 0.2) is 21.4 Å². The molecule has 10 heteroatoms. The van der Waals surface area contributed by atoms with Crippen molar-refractivity contribution in [2.24, 2.45) is 5.92 Å². The number of halogens is 1. The largest absolute Gasteiger partial charge is 0.490 e. The van der Waals surface area contributed by atoms with Crippen LogP contribution in [0.15, 0.2) is 36.5 Å². The first-order valence-electron chi connectivity index (χ1n) is 10.9. The van der Waals surface area contributed by atoms with Crippen LogP contribution in [-0.4, -0.2) is 50.0 Å². The molecular formula is C23H26FN3O5S. The molecule has 0 unspecified atom stereocenters. The normalized spacial score (nSPS) is 17.2. The predicted molar refractivity (Wildman–Crippen MR) is 121 cm³/mol. The van der Waals surface area contributed by atoms with Gasteiger partial charge >= 0.3 is 6.03 Å². The number of pyridine rings is 1. The van der Waals surface area contributed by atoms with Crippen LogP contribution in [-0.2, 0) is 21.1 Å². The van der Waals surface area contributed by atoms with E-state index in [0.29, 0.717) is 23.9 Å². The molecule has 0 bridgehead atoms. The zero-order valence-electron chi connectivity index (χ0n) is 18.3. The Morgan fingerprint density at radius 1 is 1.24 bits per heavy atom. The Bertz CT molecular complexity index is 1150. The van der Waals surface area contributed by atoms with Crippen LogP contribution in [0.2, 0.25) is 0 Å². The van der Waals surface area contributed by atoms with Gasteiger partial charge in [-0.15, -0.1) is 0 Å². The van der Waals surface area contributed by atoms with Crippen molar-refractivity contribution in [1.82, 2.24) is 10.3 Å². The van der Waals surface area contributed by atoms with E-state index in [-0.39, 0.29) is 36.1 Å². The SMILES string of the molecule is C[C@@H](CS(=O)(=O)CCc1ccc(N2CC(=O)NC2=O)nc1)c1ccc(F)c(OCC2CC2)c1. The minimum absolute atomic E-state index is 0.0622. The number of hydrogen-bond acceptors (Lipinski definition) is 6. The highest BCUT2D eigenvalue weighted by molar-refractivity contribution is 7.91. The van der Waals surface area contributed by atoms with Crippen molar-refractivity contribution in [3.63, 3.8) is 0 Å². The zero-order valence-corrected chi connectivity index (χ0v) is 19.1. The monoisotopic (exact) mass is 475 g/mol. The molecule has 2 aliphatic rings. The number of carbonyl (C=O) groups is 2. The average Bonchev–Trinajstić information content (AvgIpc) is 3.54. The van der Waals surface area contributed by atoms with E-state index in [1.165, 1.54) is 17.2 Å². The number of imide groups is 1. The number of nitrogens with zero attached hydrogens (tertiary/aromatic N) is 2. The standard InChI is InChI=1S/C23H26FN3O5S/c1-15(18-5-6-19(24)20(10-18)32-13-17-2-3-17)14-33(30,31)9-8-16-4-7-21(25-11-16)27-12-22(28)26-23(27)29/h4-7,10-11,15,17H,2-3,8-9,12-14H2,1H3,(H,26,28,29)/t15-/m0/s1. The molecule has 1 saturated carbocycles. The Hall–Kier alpha value is -3.01. The van der Waals surface area contributed by atoms with Crippen LogP contribution in [0.3, 0.4) is 0 Å². The summed E-state index contributed by atoms with van der Waals surface area (Å²) in [5, 5.41) is 2.18. The highest BCUT2D eigenvalue weighted by Crippen LogP contribution is 2.31. The van der Waals surface area contributed by atoms with E-state index >= 15 is 0 Å². The molecular weight excluding hydrogens is 449 g/mol. The molecule has 2 fully saturated rings. The molecule has 8 nitrogen and oxygen atoms in total. The number of anilines is 1. The lowest BCUT2D eigenvalue weighted by molar-refractivity contribution is -0.117. The molecule has 176 valence electrons. The number of sulfone groups is 1. The molecule has 1 N–H and O–H groups in total. The lowest BCUT2D eigenvalue weighted by Gasteiger charge is -2.15. The number of amides is 3. The van der Waals surface area contributed by atoms with Crippen LogP contribution in [0.25, 0.3) is 0 Å². The van der Waals surface area contributed by atoms with Gasteiger partial charge in [-0.25, -0.2) is 22.6 Å². The number of carbonyl (C=O) groups excluding carboxylic acids is 2. The third-order valence-corrected chi connectivity index (χ3v) is 7.61. The maximum absolute atomic E-state index is 14.0. The second kappa shape index (κ2) is 9.46. The third kappa shape index (κ3) is 6.07. The lowest BCUT2D eigenvalue weighted by atomic mass is 10.0. The fourth-order valence-electron chi connectivity index (χ4n) is 3.61. The van der Waals surface area contributed by atoms with Crippen molar-refractivity contribution >= 4 is 27.6 Å². The van der Waals surface area contributed by atoms with Crippen LogP contribution in [0.5, 0.6) is 5.75 Å². The summed E-state index contributed by atoms with van der Waals surface area (Å²) in [6, 6.07) is 7.27. The van der Waals surface area contributed by atoms with Crippen LogP contribution in [0.1, 0.15) is 36.8 Å². The number of benzene rings is 1. The molecule has 3 amide bonds. The van der Waals surface area contributed by atoms with E-state index in [1.807, 2.05) is 0 Å². The molecule has 1 aliphatic heterocycles. The van der Waals surface area contributed by atoms with E-state index in [0.717, 1.165) is 18.4 Å². The van der Waals surface area contributed by atoms with Crippen LogP contribution < -0.4 is 15.0 Å². The summed E-state index contributed by atoms with van der Waals surface area (Å²) in [4.78, 5) is 28.4. The fourth-order valence-corrected chi connectivity index (χ4v) is 5.28. The van der Waals surface area contributed by atoms with Crippen molar-refractivity contribution in [1.29, 1.82) is 0 Å². The first-order valence-corrected chi connectivity index (χ1v) is 12.7. The Balaban J connectivity index is 1.33. The maximum atomic E-state index is 14.0. The first kappa shape index (κ1) is 23.2.